The van der Waals surface area contributed by atoms with Crippen molar-refractivity contribution in [3.05, 3.63) is 30.3 Å². The smallest absolute Gasteiger partial charge is 0.119 e. The fourth-order valence-electron chi connectivity index (χ4n) is 0.856. The van der Waals surface area contributed by atoms with Crippen molar-refractivity contribution in [1.29, 1.82) is 0 Å². The van der Waals surface area contributed by atoms with Crippen LogP contribution in [0.5, 0.6) is 5.75 Å². The molecule has 0 aliphatic carbocycles. The summed E-state index contributed by atoms with van der Waals surface area (Å²) in [4.78, 5) is 0.529. The van der Waals surface area contributed by atoms with Gasteiger partial charge in [-0.05, 0) is 18.6 Å². The highest BCUT2D eigenvalue weighted by Crippen LogP contribution is 2.10. The van der Waals surface area contributed by atoms with E-state index >= 15 is 0 Å². The molecule has 0 fully saturated rings. The molecule has 0 aliphatic heterocycles. The first-order valence-electron chi connectivity index (χ1n) is 4.11. The second-order valence-electron chi connectivity index (χ2n) is 2.73. The van der Waals surface area contributed by atoms with Crippen LogP contribution in [0.15, 0.2) is 30.3 Å². The Morgan fingerprint density at radius 2 is 2.00 bits per heavy atom. The first-order valence-corrected chi connectivity index (χ1v) is 5.02. The third kappa shape index (κ3) is 3.77. The van der Waals surface area contributed by atoms with Gasteiger partial charge in [0.2, 0.25) is 0 Å². The number of halogens is 1. The first-order chi connectivity index (χ1) is 5.79. The average molecular weight is 229 g/mol. The highest BCUT2D eigenvalue weighted by molar-refractivity contribution is 9.09. The van der Waals surface area contributed by atoms with Crippen LogP contribution in [0.25, 0.3) is 0 Å². The van der Waals surface area contributed by atoms with Crippen LogP contribution in [-0.2, 0) is 0 Å². The Kier molecular flexibility index (Phi) is 4.15. The van der Waals surface area contributed by atoms with E-state index in [1.165, 1.54) is 0 Å². The molecular formula is C10H13BrO. The van der Waals surface area contributed by atoms with Gasteiger partial charge in [0.1, 0.15) is 5.75 Å². The highest BCUT2D eigenvalue weighted by atomic mass is 79.9. The molecule has 0 saturated heterocycles. The van der Waals surface area contributed by atoms with Gasteiger partial charge in [-0.25, -0.2) is 0 Å². The summed E-state index contributed by atoms with van der Waals surface area (Å²) in [6, 6.07) is 9.89. The van der Waals surface area contributed by atoms with E-state index in [4.69, 9.17) is 4.74 Å². The van der Waals surface area contributed by atoms with Crippen molar-refractivity contribution in [2.75, 3.05) is 6.61 Å². The molecule has 0 aliphatic rings. The summed E-state index contributed by atoms with van der Waals surface area (Å²) >= 11 is 3.47. The molecule has 0 radical (unpaired) electrons. The van der Waals surface area contributed by atoms with Crippen molar-refractivity contribution < 1.29 is 4.74 Å². The number of rotatable bonds is 4. The highest BCUT2D eigenvalue weighted by Gasteiger charge is 1.95. The summed E-state index contributed by atoms with van der Waals surface area (Å²) < 4.78 is 5.49. The summed E-state index contributed by atoms with van der Waals surface area (Å²) in [5.41, 5.74) is 0. The monoisotopic (exact) mass is 228 g/mol. The zero-order valence-electron chi connectivity index (χ0n) is 7.16. The lowest BCUT2D eigenvalue weighted by Gasteiger charge is -2.06. The molecule has 12 heavy (non-hydrogen) atoms. The van der Waals surface area contributed by atoms with Gasteiger partial charge >= 0.3 is 0 Å². The van der Waals surface area contributed by atoms with Gasteiger partial charge in [0.15, 0.2) is 0 Å². The van der Waals surface area contributed by atoms with Crippen LogP contribution < -0.4 is 4.74 Å². The van der Waals surface area contributed by atoms with Crippen molar-refractivity contribution in [2.24, 2.45) is 0 Å². The van der Waals surface area contributed by atoms with Crippen molar-refractivity contribution >= 4 is 15.9 Å². The van der Waals surface area contributed by atoms with Gasteiger partial charge in [0, 0.05) is 4.83 Å². The van der Waals surface area contributed by atoms with Gasteiger partial charge in [0.05, 0.1) is 6.61 Å². The number of para-hydroxylation sites is 1. The summed E-state index contributed by atoms with van der Waals surface area (Å²) in [5.74, 6) is 0.950. The maximum Gasteiger partial charge on any atom is 0.119 e. The molecule has 1 unspecified atom stereocenters. The average Bonchev–Trinajstić information content (AvgIpc) is 2.05. The Balaban J connectivity index is 2.25. The third-order valence-electron chi connectivity index (χ3n) is 1.53. The standard InChI is InChI=1S/C10H13BrO/c1-9(11)7-8-12-10-5-3-2-4-6-10/h2-6,9H,7-8H2,1H3. The molecule has 1 aromatic rings. The van der Waals surface area contributed by atoms with E-state index in [2.05, 4.69) is 22.9 Å². The van der Waals surface area contributed by atoms with E-state index < -0.39 is 0 Å². The summed E-state index contributed by atoms with van der Waals surface area (Å²) in [6.07, 6.45) is 1.04. The quantitative estimate of drug-likeness (QED) is 0.720. The van der Waals surface area contributed by atoms with Crippen LogP contribution in [0.1, 0.15) is 13.3 Å². The van der Waals surface area contributed by atoms with Crippen molar-refractivity contribution in [3.8, 4) is 5.75 Å². The van der Waals surface area contributed by atoms with E-state index in [-0.39, 0.29) is 0 Å². The number of alkyl halides is 1. The predicted octanol–water partition coefficient (Wildman–Crippen LogP) is 3.24. The van der Waals surface area contributed by atoms with Crippen LogP contribution >= 0.6 is 15.9 Å². The third-order valence-corrected chi connectivity index (χ3v) is 1.99. The molecule has 1 atom stereocenters. The van der Waals surface area contributed by atoms with Crippen LogP contribution in [-0.4, -0.2) is 11.4 Å². The molecule has 0 spiro atoms. The van der Waals surface area contributed by atoms with E-state index in [1.807, 2.05) is 30.3 Å². The van der Waals surface area contributed by atoms with Crippen molar-refractivity contribution in [3.63, 3.8) is 0 Å². The second-order valence-corrected chi connectivity index (χ2v) is 4.29. The fourth-order valence-corrected chi connectivity index (χ4v) is 1.04. The lowest BCUT2D eigenvalue weighted by Crippen LogP contribution is -2.02. The van der Waals surface area contributed by atoms with Gasteiger partial charge < -0.3 is 4.74 Å². The van der Waals surface area contributed by atoms with Crippen LogP contribution in [0, 0.1) is 0 Å². The van der Waals surface area contributed by atoms with Crippen LogP contribution in [0.3, 0.4) is 0 Å². The topological polar surface area (TPSA) is 9.23 Å². The van der Waals surface area contributed by atoms with Crippen LogP contribution in [0.2, 0.25) is 0 Å². The van der Waals surface area contributed by atoms with E-state index in [1.54, 1.807) is 0 Å². The maximum atomic E-state index is 5.49. The van der Waals surface area contributed by atoms with E-state index in [9.17, 15) is 0 Å². The lowest BCUT2D eigenvalue weighted by molar-refractivity contribution is 0.312. The van der Waals surface area contributed by atoms with Gasteiger partial charge in [-0.15, -0.1) is 0 Å². The number of hydrogen-bond acceptors (Lipinski definition) is 1. The molecule has 2 heteroatoms. The number of benzene rings is 1. The fraction of sp³-hybridized carbons (Fsp3) is 0.400. The minimum atomic E-state index is 0.529. The van der Waals surface area contributed by atoms with Gasteiger partial charge in [-0.3, -0.25) is 0 Å². The Bertz CT molecular complexity index is 208. The summed E-state index contributed by atoms with van der Waals surface area (Å²) in [7, 11) is 0. The Hall–Kier alpha value is -0.500. The second kappa shape index (κ2) is 5.20. The van der Waals surface area contributed by atoms with Crippen LogP contribution in [0.4, 0.5) is 0 Å². The van der Waals surface area contributed by atoms with Gasteiger partial charge in [-0.2, -0.15) is 0 Å². The molecule has 0 bridgehead atoms. The normalized spacial score (nSPS) is 12.5. The lowest BCUT2D eigenvalue weighted by atomic mass is 10.3. The van der Waals surface area contributed by atoms with E-state index in [0.29, 0.717) is 4.83 Å². The largest absolute Gasteiger partial charge is 0.494 e. The minimum absolute atomic E-state index is 0.529. The minimum Gasteiger partial charge on any atom is -0.494 e. The SMILES string of the molecule is CC(Br)CCOc1ccccc1. The molecule has 0 heterocycles. The molecule has 0 aromatic heterocycles. The Morgan fingerprint density at radius 1 is 1.33 bits per heavy atom. The molecule has 1 nitrogen and oxygen atoms in total. The van der Waals surface area contributed by atoms with Crippen molar-refractivity contribution in [1.82, 2.24) is 0 Å². The maximum absolute atomic E-state index is 5.49. The first kappa shape index (κ1) is 9.59. The van der Waals surface area contributed by atoms with Crippen molar-refractivity contribution in [2.45, 2.75) is 18.2 Å². The molecule has 1 rings (SSSR count). The zero-order chi connectivity index (χ0) is 8.81. The molecule has 0 amide bonds. The molecule has 66 valence electrons. The number of ether oxygens (including phenoxy) is 1. The summed E-state index contributed by atoms with van der Waals surface area (Å²) in [6.45, 7) is 2.89. The molecule has 0 N–H and O–H groups in total. The molecule has 0 saturated carbocycles. The predicted molar refractivity (Wildman–Crippen MR) is 54.9 cm³/mol. The van der Waals surface area contributed by atoms with E-state index in [0.717, 1.165) is 18.8 Å². The molecular weight excluding hydrogens is 216 g/mol. The Morgan fingerprint density at radius 3 is 2.58 bits per heavy atom. The summed E-state index contributed by atoms with van der Waals surface area (Å²) in [5, 5.41) is 0. The Labute approximate surface area is 81.9 Å². The van der Waals surface area contributed by atoms with Gasteiger partial charge in [-0.1, -0.05) is 41.1 Å². The zero-order valence-corrected chi connectivity index (χ0v) is 8.75. The number of hydrogen-bond donors (Lipinski definition) is 0. The molecule has 1 aromatic carbocycles. The van der Waals surface area contributed by atoms with Gasteiger partial charge in [0.25, 0.3) is 0 Å².